The summed E-state index contributed by atoms with van der Waals surface area (Å²) in [5, 5.41) is 3.39. The summed E-state index contributed by atoms with van der Waals surface area (Å²) in [4.78, 5) is 13.8. The molecule has 0 bridgehead atoms. The van der Waals surface area contributed by atoms with Crippen LogP contribution in [0, 0.1) is 5.82 Å². The first kappa shape index (κ1) is 15.8. The Labute approximate surface area is 125 Å². The molecule has 1 amide bonds. The van der Waals surface area contributed by atoms with Crippen molar-refractivity contribution < 1.29 is 13.9 Å². The van der Waals surface area contributed by atoms with Gasteiger partial charge in [0.2, 0.25) is 0 Å². The van der Waals surface area contributed by atoms with E-state index in [1.54, 1.807) is 17.0 Å². The molecule has 0 aromatic heterocycles. The van der Waals surface area contributed by atoms with Crippen molar-refractivity contribution in [1.82, 2.24) is 10.2 Å². The van der Waals surface area contributed by atoms with Gasteiger partial charge in [-0.1, -0.05) is 12.1 Å². The van der Waals surface area contributed by atoms with Crippen molar-refractivity contribution in [3.63, 3.8) is 0 Å². The Balaban J connectivity index is 1.91. The van der Waals surface area contributed by atoms with Crippen LogP contribution in [0.25, 0.3) is 0 Å². The van der Waals surface area contributed by atoms with Crippen LogP contribution in [0.1, 0.15) is 26.3 Å². The molecular formula is C16H23FN2O2. The molecule has 1 atom stereocenters. The fraction of sp³-hybridized carbons (Fsp3) is 0.562. The average molecular weight is 294 g/mol. The summed E-state index contributed by atoms with van der Waals surface area (Å²) in [5.74, 6) is -0.231. The first-order chi connectivity index (χ1) is 9.83. The Morgan fingerprint density at radius 1 is 1.38 bits per heavy atom. The molecule has 1 saturated heterocycles. The zero-order valence-corrected chi connectivity index (χ0v) is 12.9. The molecule has 1 aliphatic heterocycles. The van der Waals surface area contributed by atoms with Crippen molar-refractivity contribution in [2.45, 2.75) is 38.8 Å². The van der Waals surface area contributed by atoms with E-state index in [0.29, 0.717) is 13.1 Å². The number of carbonyl (C=O) groups excluding carboxylic acids is 1. The summed E-state index contributed by atoms with van der Waals surface area (Å²) in [6, 6.07) is 6.65. The summed E-state index contributed by atoms with van der Waals surface area (Å²) >= 11 is 0. The Kier molecular flexibility index (Phi) is 4.83. The molecule has 1 N–H and O–H groups in total. The molecule has 0 spiro atoms. The molecule has 1 fully saturated rings. The summed E-state index contributed by atoms with van der Waals surface area (Å²) < 4.78 is 18.3. The van der Waals surface area contributed by atoms with Gasteiger partial charge in [-0.3, -0.25) is 0 Å². The van der Waals surface area contributed by atoms with Gasteiger partial charge in [0.05, 0.1) is 0 Å². The third-order valence-electron chi connectivity index (χ3n) is 3.30. The molecule has 0 aliphatic carbocycles. The standard InChI is InChI=1S/C16H23FN2O2/c1-16(2,3)21-15(20)19-9-8-18-14(11-19)10-12-4-6-13(17)7-5-12/h4-7,14,18H,8-11H2,1-3H3. The minimum absolute atomic E-state index is 0.164. The van der Waals surface area contributed by atoms with Crippen LogP contribution in [0.5, 0.6) is 0 Å². The second-order valence-corrected chi connectivity index (χ2v) is 6.41. The van der Waals surface area contributed by atoms with Gasteiger partial charge in [-0.05, 0) is 44.9 Å². The molecule has 1 heterocycles. The molecule has 1 aromatic rings. The van der Waals surface area contributed by atoms with E-state index in [9.17, 15) is 9.18 Å². The van der Waals surface area contributed by atoms with Crippen LogP contribution < -0.4 is 5.32 Å². The molecule has 4 nitrogen and oxygen atoms in total. The monoisotopic (exact) mass is 294 g/mol. The van der Waals surface area contributed by atoms with E-state index in [1.807, 2.05) is 20.8 Å². The molecular weight excluding hydrogens is 271 g/mol. The Morgan fingerprint density at radius 3 is 2.67 bits per heavy atom. The average Bonchev–Trinajstić information content (AvgIpc) is 2.40. The predicted molar refractivity (Wildman–Crippen MR) is 79.7 cm³/mol. The normalized spacial score (nSPS) is 19.4. The number of carbonyl (C=O) groups is 1. The van der Waals surface area contributed by atoms with E-state index in [4.69, 9.17) is 4.74 Å². The molecule has 1 aliphatic rings. The fourth-order valence-electron chi connectivity index (χ4n) is 2.36. The maximum absolute atomic E-state index is 12.9. The summed E-state index contributed by atoms with van der Waals surface area (Å²) in [6.07, 6.45) is 0.493. The predicted octanol–water partition coefficient (Wildman–Crippen LogP) is 2.58. The lowest BCUT2D eigenvalue weighted by atomic mass is 10.0. The molecule has 1 aromatic carbocycles. The molecule has 21 heavy (non-hydrogen) atoms. The minimum atomic E-state index is -0.478. The number of piperazine rings is 1. The van der Waals surface area contributed by atoms with Gasteiger partial charge in [0.15, 0.2) is 0 Å². The van der Waals surface area contributed by atoms with Gasteiger partial charge in [0.1, 0.15) is 11.4 Å². The number of rotatable bonds is 2. The van der Waals surface area contributed by atoms with Gasteiger partial charge in [0.25, 0.3) is 0 Å². The van der Waals surface area contributed by atoms with E-state index in [2.05, 4.69) is 5.32 Å². The second-order valence-electron chi connectivity index (χ2n) is 6.41. The van der Waals surface area contributed by atoms with E-state index in [1.165, 1.54) is 12.1 Å². The maximum Gasteiger partial charge on any atom is 0.410 e. The van der Waals surface area contributed by atoms with E-state index >= 15 is 0 Å². The number of nitrogens with one attached hydrogen (secondary N) is 1. The number of ether oxygens (including phenoxy) is 1. The zero-order valence-electron chi connectivity index (χ0n) is 12.9. The summed E-state index contributed by atoms with van der Waals surface area (Å²) in [6.45, 7) is 7.58. The van der Waals surface area contributed by atoms with E-state index < -0.39 is 5.60 Å². The number of benzene rings is 1. The Hall–Kier alpha value is -1.62. The van der Waals surface area contributed by atoms with Crippen LogP contribution in [0.4, 0.5) is 9.18 Å². The topological polar surface area (TPSA) is 41.6 Å². The van der Waals surface area contributed by atoms with Crippen LogP contribution in [0.3, 0.4) is 0 Å². The van der Waals surface area contributed by atoms with Crippen molar-refractivity contribution >= 4 is 6.09 Å². The van der Waals surface area contributed by atoms with Crippen LogP contribution in [0.15, 0.2) is 24.3 Å². The van der Waals surface area contributed by atoms with Crippen molar-refractivity contribution in [2.24, 2.45) is 0 Å². The first-order valence-electron chi connectivity index (χ1n) is 7.29. The largest absolute Gasteiger partial charge is 0.444 e. The number of amides is 1. The molecule has 5 heteroatoms. The van der Waals surface area contributed by atoms with Crippen molar-refractivity contribution in [2.75, 3.05) is 19.6 Å². The van der Waals surface area contributed by atoms with Gasteiger partial charge < -0.3 is 15.0 Å². The van der Waals surface area contributed by atoms with E-state index in [0.717, 1.165) is 18.5 Å². The summed E-state index contributed by atoms with van der Waals surface area (Å²) in [7, 11) is 0. The van der Waals surface area contributed by atoms with Crippen molar-refractivity contribution in [3.8, 4) is 0 Å². The van der Waals surface area contributed by atoms with Gasteiger partial charge >= 0.3 is 6.09 Å². The van der Waals surface area contributed by atoms with Crippen LogP contribution in [-0.4, -0.2) is 42.3 Å². The van der Waals surface area contributed by atoms with Gasteiger partial charge in [-0.2, -0.15) is 0 Å². The van der Waals surface area contributed by atoms with Crippen LogP contribution in [-0.2, 0) is 11.2 Å². The highest BCUT2D eigenvalue weighted by Gasteiger charge is 2.27. The number of hydrogen-bond acceptors (Lipinski definition) is 3. The molecule has 2 rings (SSSR count). The van der Waals surface area contributed by atoms with Gasteiger partial charge in [0, 0.05) is 25.7 Å². The fourth-order valence-corrected chi connectivity index (χ4v) is 2.36. The number of halogens is 1. The lowest BCUT2D eigenvalue weighted by Gasteiger charge is -2.35. The quantitative estimate of drug-likeness (QED) is 0.911. The highest BCUT2D eigenvalue weighted by atomic mass is 19.1. The lowest BCUT2D eigenvalue weighted by Crippen LogP contribution is -2.54. The molecule has 116 valence electrons. The number of nitrogens with zero attached hydrogens (tertiary/aromatic N) is 1. The number of hydrogen-bond donors (Lipinski definition) is 1. The maximum atomic E-state index is 12.9. The first-order valence-corrected chi connectivity index (χ1v) is 7.29. The molecule has 0 saturated carbocycles. The SMILES string of the molecule is CC(C)(C)OC(=O)N1CCNC(Cc2ccc(F)cc2)C1. The molecule has 0 radical (unpaired) electrons. The second kappa shape index (κ2) is 6.43. The Bertz CT molecular complexity index is 482. The van der Waals surface area contributed by atoms with Crippen LogP contribution in [0.2, 0.25) is 0 Å². The van der Waals surface area contributed by atoms with Crippen molar-refractivity contribution in [1.29, 1.82) is 0 Å². The highest BCUT2D eigenvalue weighted by Crippen LogP contribution is 2.13. The van der Waals surface area contributed by atoms with Crippen molar-refractivity contribution in [3.05, 3.63) is 35.6 Å². The smallest absolute Gasteiger partial charge is 0.410 e. The zero-order chi connectivity index (χ0) is 15.5. The van der Waals surface area contributed by atoms with Crippen LogP contribution >= 0.6 is 0 Å². The Morgan fingerprint density at radius 2 is 2.05 bits per heavy atom. The van der Waals surface area contributed by atoms with Gasteiger partial charge in [-0.25, -0.2) is 9.18 Å². The lowest BCUT2D eigenvalue weighted by molar-refractivity contribution is 0.0195. The third-order valence-corrected chi connectivity index (χ3v) is 3.30. The van der Waals surface area contributed by atoms with Gasteiger partial charge in [-0.15, -0.1) is 0 Å². The summed E-state index contributed by atoms with van der Waals surface area (Å²) in [5.41, 5.74) is 0.578. The third kappa shape index (κ3) is 5.01. The molecule has 1 unspecified atom stereocenters. The van der Waals surface area contributed by atoms with E-state index in [-0.39, 0.29) is 18.0 Å². The minimum Gasteiger partial charge on any atom is -0.444 e. The highest BCUT2D eigenvalue weighted by molar-refractivity contribution is 5.68.